The highest BCUT2D eigenvalue weighted by Gasteiger charge is 2.08. The highest BCUT2D eigenvalue weighted by molar-refractivity contribution is 5.95. The molecule has 2 nitrogen and oxygen atoms in total. The molecule has 2 heteroatoms. The minimum atomic E-state index is 0.0444. The number of aryl methyl sites for hydroxylation is 2. The van der Waals surface area contributed by atoms with E-state index >= 15 is 0 Å². The van der Waals surface area contributed by atoms with E-state index in [2.05, 4.69) is 48.6 Å². The van der Waals surface area contributed by atoms with Crippen LogP contribution >= 0.6 is 0 Å². The van der Waals surface area contributed by atoms with Gasteiger partial charge in [-0.3, -0.25) is 4.79 Å². The first-order valence-corrected chi connectivity index (χ1v) is 8.78. The van der Waals surface area contributed by atoms with Gasteiger partial charge in [-0.15, -0.1) is 0 Å². The molecule has 0 aromatic heterocycles. The van der Waals surface area contributed by atoms with Crippen molar-refractivity contribution in [1.82, 2.24) is 0 Å². The van der Waals surface area contributed by atoms with Crippen LogP contribution < -0.4 is 5.32 Å². The zero-order valence-electron chi connectivity index (χ0n) is 14.5. The van der Waals surface area contributed by atoms with E-state index in [0.717, 1.165) is 29.7 Å². The van der Waals surface area contributed by atoms with Crippen LogP contribution in [0, 0.1) is 0 Å². The first-order chi connectivity index (χ1) is 12.3. The van der Waals surface area contributed by atoms with E-state index in [-0.39, 0.29) is 5.91 Å². The van der Waals surface area contributed by atoms with Crippen molar-refractivity contribution in [3.8, 4) is 11.1 Å². The first kappa shape index (κ1) is 17.0. The Morgan fingerprint density at radius 2 is 1.44 bits per heavy atom. The van der Waals surface area contributed by atoms with Crippen LogP contribution in [0.5, 0.6) is 0 Å². The Bertz CT molecular complexity index is 822. The van der Waals surface area contributed by atoms with Crippen LogP contribution in [0.25, 0.3) is 11.1 Å². The Balaban J connectivity index is 1.65. The average Bonchev–Trinajstić information content (AvgIpc) is 2.68. The fourth-order valence-corrected chi connectivity index (χ4v) is 2.87. The molecule has 3 aromatic carbocycles. The lowest BCUT2D eigenvalue weighted by molar-refractivity contribution is -0.116. The number of hydrogen-bond donors (Lipinski definition) is 1. The monoisotopic (exact) mass is 329 g/mol. The Labute approximate surface area is 149 Å². The van der Waals surface area contributed by atoms with Gasteiger partial charge in [-0.05, 0) is 35.6 Å². The molecule has 1 amide bonds. The molecule has 0 aliphatic rings. The molecule has 0 aliphatic carbocycles. The summed E-state index contributed by atoms with van der Waals surface area (Å²) in [5, 5.41) is 3.06. The molecule has 0 saturated heterocycles. The number of benzene rings is 3. The van der Waals surface area contributed by atoms with Crippen molar-refractivity contribution >= 4 is 11.6 Å². The van der Waals surface area contributed by atoms with Gasteiger partial charge in [0.15, 0.2) is 0 Å². The van der Waals surface area contributed by atoms with Crippen LogP contribution in [0.4, 0.5) is 5.69 Å². The highest BCUT2D eigenvalue weighted by atomic mass is 16.1. The lowest BCUT2D eigenvalue weighted by Gasteiger charge is -2.11. The Morgan fingerprint density at radius 1 is 0.800 bits per heavy atom. The molecule has 0 saturated carbocycles. The lowest BCUT2D eigenvalue weighted by atomic mass is 10.0. The topological polar surface area (TPSA) is 29.1 Å². The second-order valence-electron chi connectivity index (χ2n) is 6.13. The molecule has 0 aliphatic heterocycles. The van der Waals surface area contributed by atoms with E-state index in [1.54, 1.807) is 0 Å². The number of nitrogens with one attached hydrogen (secondary N) is 1. The molecule has 3 aromatic rings. The van der Waals surface area contributed by atoms with Crippen molar-refractivity contribution in [3.63, 3.8) is 0 Å². The van der Waals surface area contributed by atoms with Gasteiger partial charge >= 0.3 is 0 Å². The second kappa shape index (κ2) is 8.29. The predicted octanol–water partition coefficient (Wildman–Crippen LogP) is 5.49. The van der Waals surface area contributed by atoms with Gasteiger partial charge in [0.25, 0.3) is 0 Å². The quantitative estimate of drug-likeness (QED) is 0.637. The number of para-hydroxylation sites is 1. The van der Waals surface area contributed by atoms with Gasteiger partial charge in [-0.25, -0.2) is 0 Å². The summed E-state index contributed by atoms with van der Waals surface area (Å²) in [4.78, 5) is 12.4. The first-order valence-electron chi connectivity index (χ1n) is 8.78. The van der Waals surface area contributed by atoms with Gasteiger partial charge in [0.1, 0.15) is 0 Å². The van der Waals surface area contributed by atoms with Gasteiger partial charge in [-0.1, -0.05) is 79.7 Å². The smallest absolute Gasteiger partial charge is 0.224 e. The zero-order valence-corrected chi connectivity index (χ0v) is 14.5. The van der Waals surface area contributed by atoms with Crippen molar-refractivity contribution in [3.05, 3.63) is 90.0 Å². The molecule has 0 spiro atoms. The van der Waals surface area contributed by atoms with Crippen LogP contribution in [-0.4, -0.2) is 5.91 Å². The summed E-state index contributed by atoms with van der Waals surface area (Å²) in [6, 6.07) is 26.6. The molecule has 0 atom stereocenters. The maximum absolute atomic E-state index is 12.4. The average molecular weight is 329 g/mol. The Morgan fingerprint density at radius 3 is 2.16 bits per heavy atom. The Hall–Kier alpha value is -2.87. The van der Waals surface area contributed by atoms with Gasteiger partial charge in [0.05, 0.1) is 0 Å². The van der Waals surface area contributed by atoms with Crippen molar-refractivity contribution in [1.29, 1.82) is 0 Å². The summed E-state index contributed by atoms with van der Waals surface area (Å²) >= 11 is 0. The maximum Gasteiger partial charge on any atom is 0.224 e. The summed E-state index contributed by atoms with van der Waals surface area (Å²) in [6.45, 7) is 2.15. The van der Waals surface area contributed by atoms with Gasteiger partial charge in [-0.2, -0.15) is 0 Å². The van der Waals surface area contributed by atoms with Crippen LogP contribution in [-0.2, 0) is 17.6 Å². The van der Waals surface area contributed by atoms with Crippen molar-refractivity contribution in [2.75, 3.05) is 5.32 Å². The van der Waals surface area contributed by atoms with Crippen LogP contribution in [0.15, 0.2) is 78.9 Å². The van der Waals surface area contributed by atoms with Crippen LogP contribution in [0.2, 0.25) is 0 Å². The van der Waals surface area contributed by atoms with E-state index in [1.807, 2.05) is 42.5 Å². The molecule has 3 rings (SSSR count). The molecule has 0 unspecified atom stereocenters. The van der Waals surface area contributed by atoms with E-state index in [4.69, 9.17) is 0 Å². The molecular weight excluding hydrogens is 306 g/mol. The second-order valence-corrected chi connectivity index (χ2v) is 6.13. The summed E-state index contributed by atoms with van der Waals surface area (Å²) in [7, 11) is 0. The van der Waals surface area contributed by atoms with Gasteiger partial charge in [0.2, 0.25) is 5.91 Å². The van der Waals surface area contributed by atoms with Crippen LogP contribution in [0.3, 0.4) is 0 Å². The van der Waals surface area contributed by atoms with Crippen molar-refractivity contribution in [2.24, 2.45) is 0 Å². The normalized spacial score (nSPS) is 10.4. The molecule has 0 heterocycles. The van der Waals surface area contributed by atoms with Gasteiger partial charge < -0.3 is 5.32 Å². The number of carbonyl (C=O) groups excluding carboxylic acids is 1. The molecule has 1 N–H and O–H groups in total. The molecule has 0 radical (unpaired) electrons. The number of carbonyl (C=O) groups is 1. The fourth-order valence-electron chi connectivity index (χ4n) is 2.87. The summed E-state index contributed by atoms with van der Waals surface area (Å²) in [6.07, 6.45) is 2.27. The molecule has 0 fully saturated rings. The van der Waals surface area contributed by atoms with Crippen molar-refractivity contribution in [2.45, 2.75) is 26.2 Å². The highest BCUT2D eigenvalue weighted by Crippen LogP contribution is 2.27. The molecule has 25 heavy (non-hydrogen) atoms. The van der Waals surface area contributed by atoms with E-state index in [1.165, 1.54) is 11.1 Å². The minimum Gasteiger partial charge on any atom is -0.326 e. The molecular formula is C23H23NO. The lowest BCUT2D eigenvalue weighted by Crippen LogP contribution is -2.13. The fraction of sp³-hybridized carbons (Fsp3) is 0.174. The summed E-state index contributed by atoms with van der Waals surface area (Å²) in [5.41, 5.74) is 5.53. The van der Waals surface area contributed by atoms with E-state index < -0.39 is 0 Å². The van der Waals surface area contributed by atoms with Gasteiger partial charge in [0, 0.05) is 17.7 Å². The Kier molecular flexibility index (Phi) is 5.63. The predicted molar refractivity (Wildman–Crippen MR) is 105 cm³/mol. The zero-order chi connectivity index (χ0) is 17.5. The van der Waals surface area contributed by atoms with E-state index in [0.29, 0.717) is 6.42 Å². The summed E-state index contributed by atoms with van der Waals surface area (Å²) < 4.78 is 0. The standard InChI is InChI=1S/C23H23NO/c1-2-18-12-14-19(15-13-18)16-17-23(25)24-22-11-7-6-10-21(22)20-8-4-3-5-9-20/h3-15H,2,16-17H2,1H3,(H,24,25). The van der Waals surface area contributed by atoms with Crippen LogP contribution in [0.1, 0.15) is 24.5 Å². The number of rotatable bonds is 6. The molecule has 0 bridgehead atoms. The third kappa shape index (κ3) is 4.57. The third-order valence-corrected chi connectivity index (χ3v) is 4.36. The van der Waals surface area contributed by atoms with E-state index in [9.17, 15) is 4.79 Å². The largest absolute Gasteiger partial charge is 0.326 e. The number of amides is 1. The summed E-state index contributed by atoms with van der Waals surface area (Å²) in [5.74, 6) is 0.0444. The number of anilines is 1. The third-order valence-electron chi connectivity index (χ3n) is 4.36. The SMILES string of the molecule is CCc1ccc(CCC(=O)Nc2ccccc2-c2ccccc2)cc1. The number of hydrogen-bond acceptors (Lipinski definition) is 1. The van der Waals surface area contributed by atoms with Crippen molar-refractivity contribution < 1.29 is 4.79 Å². The maximum atomic E-state index is 12.4. The minimum absolute atomic E-state index is 0.0444. The molecule has 126 valence electrons.